The maximum Gasteiger partial charge on any atom is 0.306 e. The van der Waals surface area contributed by atoms with Gasteiger partial charge in [-0.05, 0) is 49.2 Å². The highest BCUT2D eigenvalue weighted by molar-refractivity contribution is 6.00. The number of fused-ring (bicyclic) bond motifs is 1. The van der Waals surface area contributed by atoms with E-state index in [0.29, 0.717) is 17.7 Å². The zero-order valence-corrected chi connectivity index (χ0v) is 14.8. The maximum atomic E-state index is 12.4. The molecule has 1 aromatic heterocycles. The number of methoxy groups -OCH3 is 1. The number of ketones is 1. The third-order valence-corrected chi connectivity index (χ3v) is 4.33. The fraction of sp³-hybridized carbons (Fsp3) is 0.238. The summed E-state index contributed by atoms with van der Waals surface area (Å²) in [6.07, 6.45) is 1.87. The van der Waals surface area contributed by atoms with Crippen LogP contribution in [0.2, 0.25) is 0 Å². The number of Topliss-reactive ketones (excluding diaryl/α,β-unsaturated/α-hetero) is 1. The van der Waals surface area contributed by atoms with Crippen LogP contribution in [0.5, 0.6) is 5.75 Å². The van der Waals surface area contributed by atoms with Crippen molar-refractivity contribution in [1.29, 1.82) is 0 Å². The Balaban J connectivity index is 1.56. The first-order valence-corrected chi connectivity index (χ1v) is 8.51. The molecule has 134 valence electrons. The van der Waals surface area contributed by atoms with Gasteiger partial charge >= 0.3 is 5.97 Å². The second-order valence-electron chi connectivity index (χ2n) is 6.08. The van der Waals surface area contributed by atoms with Crippen LogP contribution in [-0.2, 0) is 16.0 Å². The van der Waals surface area contributed by atoms with Gasteiger partial charge in [0.15, 0.2) is 6.10 Å². The Morgan fingerprint density at radius 3 is 2.54 bits per heavy atom. The van der Waals surface area contributed by atoms with Crippen LogP contribution in [0.1, 0.15) is 29.3 Å². The van der Waals surface area contributed by atoms with Crippen LogP contribution in [0.3, 0.4) is 0 Å². The predicted octanol–water partition coefficient (Wildman–Crippen LogP) is 3.92. The van der Waals surface area contributed by atoms with Gasteiger partial charge in [-0.3, -0.25) is 9.59 Å². The fourth-order valence-electron chi connectivity index (χ4n) is 2.87. The van der Waals surface area contributed by atoms with Crippen molar-refractivity contribution in [1.82, 2.24) is 4.98 Å². The number of H-pyrrole nitrogens is 1. The van der Waals surface area contributed by atoms with Crippen molar-refractivity contribution >= 4 is 22.7 Å². The summed E-state index contributed by atoms with van der Waals surface area (Å²) in [6.45, 7) is 1.59. The molecule has 1 heterocycles. The Labute approximate surface area is 151 Å². The molecule has 3 rings (SSSR count). The standard InChI is InChI=1S/C21H21NO4/c1-14(21(24)15-7-10-17(25-2)11-8-15)26-20(23)12-9-16-13-22-19-6-4-3-5-18(16)19/h3-8,10-11,13-14,22H,9,12H2,1-2H3. The van der Waals surface area contributed by atoms with E-state index in [0.717, 1.165) is 16.5 Å². The third-order valence-electron chi connectivity index (χ3n) is 4.33. The molecule has 1 atom stereocenters. The average Bonchev–Trinajstić information content (AvgIpc) is 3.09. The Kier molecular flexibility index (Phi) is 5.37. The van der Waals surface area contributed by atoms with Gasteiger partial charge in [-0.25, -0.2) is 0 Å². The summed E-state index contributed by atoms with van der Waals surface area (Å²) in [6, 6.07) is 14.7. The van der Waals surface area contributed by atoms with Gasteiger partial charge in [0.25, 0.3) is 0 Å². The first-order chi connectivity index (χ1) is 12.6. The van der Waals surface area contributed by atoms with Gasteiger partial charge in [0.1, 0.15) is 5.75 Å². The molecule has 0 saturated heterocycles. The second kappa shape index (κ2) is 7.87. The van der Waals surface area contributed by atoms with Crippen molar-refractivity contribution in [3.05, 3.63) is 65.9 Å². The summed E-state index contributed by atoms with van der Waals surface area (Å²) in [5.74, 6) is 0.0580. The normalized spacial score (nSPS) is 11.9. The van der Waals surface area contributed by atoms with Crippen LogP contribution >= 0.6 is 0 Å². The minimum Gasteiger partial charge on any atom is -0.497 e. The molecule has 0 fully saturated rings. The van der Waals surface area contributed by atoms with Gasteiger partial charge in [0.2, 0.25) is 5.78 Å². The fourth-order valence-corrected chi connectivity index (χ4v) is 2.87. The van der Waals surface area contributed by atoms with Crippen molar-refractivity contribution in [3.8, 4) is 5.75 Å². The summed E-state index contributed by atoms with van der Waals surface area (Å²) in [5, 5.41) is 1.10. The lowest BCUT2D eigenvalue weighted by atomic mass is 10.1. The first kappa shape index (κ1) is 17.7. The number of hydrogen-bond acceptors (Lipinski definition) is 4. The molecular weight excluding hydrogens is 330 g/mol. The van der Waals surface area contributed by atoms with Gasteiger partial charge < -0.3 is 14.5 Å². The van der Waals surface area contributed by atoms with Gasteiger partial charge in [-0.15, -0.1) is 0 Å². The van der Waals surface area contributed by atoms with Crippen molar-refractivity contribution < 1.29 is 19.1 Å². The number of carbonyl (C=O) groups is 2. The minimum atomic E-state index is -0.820. The zero-order valence-electron chi connectivity index (χ0n) is 14.8. The van der Waals surface area contributed by atoms with Crippen LogP contribution in [-0.4, -0.2) is 30.0 Å². The summed E-state index contributed by atoms with van der Waals surface area (Å²) in [7, 11) is 1.56. The molecule has 5 nitrogen and oxygen atoms in total. The highest BCUT2D eigenvalue weighted by atomic mass is 16.5. The molecule has 3 aromatic rings. The highest BCUT2D eigenvalue weighted by Gasteiger charge is 2.19. The lowest BCUT2D eigenvalue weighted by Crippen LogP contribution is -2.24. The monoisotopic (exact) mass is 351 g/mol. The average molecular weight is 351 g/mol. The largest absolute Gasteiger partial charge is 0.497 e. The molecule has 0 aliphatic rings. The summed E-state index contributed by atoms with van der Waals surface area (Å²) < 4.78 is 10.4. The predicted molar refractivity (Wildman–Crippen MR) is 99.5 cm³/mol. The Morgan fingerprint density at radius 2 is 1.81 bits per heavy atom. The molecule has 26 heavy (non-hydrogen) atoms. The molecule has 0 aliphatic heterocycles. The van der Waals surface area contributed by atoms with Gasteiger partial charge in [-0.2, -0.15) is 0 Å². The molecule has 2 aromatic carbocycles. The SMILES string of the molecule is COc1ccc(C(=O)C(C)OC(=O)CCc2c[nH]c3ccccc23)cc1. The van der Waals surface area contributed by atoms with Crippen LogP contribution in [0.25, 0.3) is 10.9 Å². The Morgan fingerprint density at radius 1 is 1.08 bits per heavy atom. The molecule has 5 heteroatoms. The Hall–Kier alpha value is -3.08. The highest BCUT2D eigenvalue weighted by Crippen LogP contribution is 2.19. The van der Waals surface area contributed by atoms with E-state index in [1.807, 2.05) is 30.5 Å². The molecule has 0 spiro atoms. The van der Waals surface area contributed by atoms with Crippen molar-refractivity contribution in [2.24, 2.45) is 0 Å². The molecule has 1 unspecified atom stereocenters. The third kappa shape index (κ3) is 3.94. The van der Waals surface area contributed by atoms with Crippen LogP contribution in [0, 0.1) is 0 Å². The molecule has 0 saturated carbocycles. The zero-order chi connectivity index (χ0) is 18.5. The van der Waals surface area contributed by atoms with E-state index in [1.165, 1.54) is 0 Å². The quantitative estimate of drug-likeness (QED) is 0.517. The number of aromatic amines is 1. The van der Waals surface area contributed by atoms with Gasteiger partial charge in [0, 0.05) is 29.1 Å². The van der Waals surface area contributed by atoms with Crippen LogP contribution in [0.4, 0.5) is 0 Å². The number of para-hydroxylation sites is 1. The van der Waals surface area contributed by atoms with Crippen molar-refractivity contribution in [2.45, 2.75) is 25.9 Å². The van der Waals surface area contributed by atoms with Crippen molar-refractivity contribution in [2.75, 3.05) is 7.11 Å². The van der Waals surface area contributed by atoms with E-state index in [1.54, 1.807) is 38.3 Å². The summed E-state index contributed by atoms with van der Waals surface area (Å²) >= 11 is 0. The van der Waals surface area contributed by atoms with E-state index < -0.39 is 6.10 Å². The maximum absolute atomic E-state index is 12.4. The topological polar surface area (TPSA) is 68.4 Å². The molecular formula is C21H21NO4. The van der Waals surface area contributed by atoms with Gasteiger partial charge in [0.05, 0.1) is 7.11 Å². The second-order valence-corrected chi connectivity index (χ2v) is 6.08. The van der Waals surface area contributed by atoms with Crippen LogP contribution < -0.4 is 4.74 Å². The smallest absolute Gasteiger partial charge is 0.306 e. The first-order valence-electron chi connectivity index (χ1n) is 8.51. The summed E-state index contributed by atoms with van der Waals surface area (Å²) in [4.78, 5) is 27.7. The van der Waals surface area contributed by atoms with E-state index in [4.69, 9.17) is 9.47 Å². The van der Waals surface area contributed by atoms with E-state index in [-0.39, 0.29) is 18.2 Å². The number of hydrogen-bond donors (Lipinski definition) is 1. The van der Waals surface area contributed by atoms with Crippen molar-refractivity contribution in [3.63, 3.8) is 0 Å². The number of ether oxygens (including phenoxy) is 2. The van der Waals surface area contributed by atoms with E-state index in [2.05, 4.69) is 4.98 Å². The number of carbonyl (C=O) groups excluding carboxylic acids is 2. The number of esters is 1. The molecule has 0 amide bonds. The van der Waals surface area contributed by atoms with Crippen LogP contribution in [0.15, 0.2) is 54.7 Å². The molecule has 0 bridgehead atoms. The number of benzene rings is 2. The summed E-state index contributed by atoms with van der Waals surface area (Å²) in [5.41, 5.74) is 2.59. The van der Waals surface area contributed by atoms with E-state index >= 15 is 0 Å². The minimum absolute atomic E-state index is 0.224. The van der Waals surface area contributed by atoms with E-state index in [9.17, 15) is 9.59 Å². The van der Waals surface area contributed by atoms with Gasteiger partial charge in [-0.1, -0.05) is 18.2 Å². The molecule has 0 radical (unpaired) electrons. The number of aromatic nitrogens is 1. The molecule has 1 N–H and O–H groups in total. The number of rotatable bonds is 7. The lowest BCUT2D eigenvalue weighted by Gasteiger charge is -2.12. The Bertz CT molecular complexity index is 911. The number of aryl methyl sites for hydroxylation is 1. The molecule has 0 aliphatic carbocycles. The lowest BCUT2D eigenvalue weighted by molar-refractivity contribution is -0.146. The number of nitrogens with one attached hydrogen (secondary N) is 1.